The summed E-state index contributed by atoms with van der Waals surface area (Å²) in [6.07, 6.45) is 2.29. The van der Waals surface area contributed by atoms with Gasteiger partial charge in [-0.1, -0.05) is 47.5 Å². The highest BCUT2D eigenvalue weighted by molar-refractivity contribution is 14.0. The van der Waals surface area contributed by atoms with E-state index in [0.717, 1.165) is 53.1 Å². The summed E-state index contributed by atoms with van der Waals surface area (Å²) in [7, 11) is 2.08. The summed E-state index contributed by atoms with van der Waals surface area (Å²) in [5, 5.41) is 5.07. The molecular weight excluding hydrogens is 468 g/mol. The van der Waals surface area contributed by atoms with Crippen LogP contribution in [-0.4, -0.2) is 31.0 Å². The first-order valence-electron chi connectivity index (χ1n) is 8.16. The van der Waals surface area contributed by atoms with E-state index in [1.54, 1.807) is 0 Å². The van der Waals surface area contributed by atoms with Crippen LogP contribution in [0.15, 0.2) is 53.5 Å². The molecule has 0 amide bonds. The van der Waals surface area contributed by atoms with Crippen LogP contribution in [0.1, 0.15) is 30.0 Å². The maximum atomic E-state index is 6.05. The van der Waals surface area contributed by atoms with Crippen LogP contribution >= 0.6 is 47.2 Å². The van der Waals surface area contributed by atoms with Crippen LogP contribution in [0, 0.1) is 0 Å². The van der Waals surface area contributed by atoms with Gasteiger partial charge in [0.15, 0.2) is 5.96 Å². The van der Waals surface area contributed by atoms with E-state index in [-0.39, 0.29) is 30.0 Å². The molecule has 0 fully saturated rings. The number of nitrogens with one attached hydrogen (secondary N) is 1. The normalized spacial score (nSPS) is 14.6. The highest BCUT2D eigenvalue weighted by Gasteiger charge is 2.19. The van der Waals surface area contributed by atoms with Gasteiger partial charge in [0, 0.05) is 30.2 Å². The molecule has 3 nitrogen and oxygen atoms in total. The van der Waals surface area contributed by atoms with Gasteiger partial charge in [-0.2, -0.15) is 0 Å². The number of hydrogen-bond acceptors (Lipinski definition) is 3. The van der Waals surface area contributed by atoms with Crippen molar-refractivity contribution in [1.82, 2.24) is 10.2 Å². The summed E-state index contributed by atoms with van der Waals surface area (Å²) >= 11 is 12.1. The van der Waals surface area contributed by atoms with Gasteiger partial charge < -0.3 is 10.2 Å². The van der Waals surface area contributed by atoms with Crippen LogP contribution in [0.2, 0.25) is 10.0 Å². The second-order valence-corrected chi connectivity index (χ2v) is 6.89. The van der Waals surface area contributed by atoms with Crippen molar-refractivity contribution in [3.05, 3.63) is 69.7 Å². The van der Waals surface area contributed by atoms with E-state index >= 15 is 0 Å². The molecule has 0 spiro atoms. The van der Waals surface area contributed by atoms with Gasteiger partial charge in [-0.15, -0.1) is 24.0 Å². The van der Waals surface area contributed by atoms with Crippen LogP contribution in [0.3, 0.4) is 0 Å². The lowest BCUT2D eigenvalue weighted by Gasteiger charge is -2.27. The first-order chi connectivity index (χ1) is 11.6. The third-order valence-corrected chi connectivity index (χ3v) is 4.71. The van der Waals surface area contributed by atoms with E-state index in [1.807, 2.05) is 48.5 Å². The summed E-state index contributed by atoms with van der Waals surface area (Å²) in [6.45, 7) is 1.88. The zero-order valence-corrected chi connectivity index (χ0v) is 17.9. The number of guanidine groups is 1. The Bertz CT molecular complexity index is 656. The Morgan fingerprint density at radius 2 is 1.44 bits per heavy atom. The van der Waals surface area contributed by atoms with Crippen molar-refractivity contribution in [2.75, 3.05) is 20.1 Å². The van der Waals surface area contributed by atoms with Gasteiger partial charge in [0.25, 0.3) is 0 Å². The first kappa shape index (κ1) is 20.3. The maximum Gasteiger partial charge on any atom is 0.194 e. The van der Waals surface area contributed by atoms with Gasteiger partial charge in [0.05, 0.1) is 6.04 Å². The van der Waals surface area contributed by atoms with Crippen molar-refractivity contribution in [1.29, 1.82) is 0 Å². The van der Waals surface area contributed by atoms with E-state index in [9.17, 15) is 0 Å². The van der Waals surface area contributed by atoms with Crippen molar-refractivity contribution in [2.24, 2.45) is 4.99 Å². The molecule has 0 saturated heterocycles. The van der Waals surface area contributed by atoms with Crippen molar-refractivity contribution in [3.63, 3.8) is 0 Å². The molecule has 2 aromatic rings. The molecule has 3 rings (SSSR count). The molecule has 1 heterocycles. The van der Waals surface area contributed by atoms with Crippen molar-refractivity contribution in [3.8, 4) is 0 Å². The topological polar surface area (TPSA) is 27.6 Å². The molecular formula is C19H22Cl2IN3. The fraction of sp³-hybridized carbons (Fsp3) is 0.316. The lowest BCUT2D eigenvalue weighted by Crippen LogP contribution is -2.41. The second-order valence-electron chi connectivity index (χ2n) is 6.01. The molecule has 0 bridgehead atoms. The van der Waals surface area contributed by atoms with Crippen LogP contribution in [0.5, 0.6) is 0 Å². The summed E-state index contributed by atoms with van der Waals surface area (Å²) in [4.78, 5) is 6.90. The van der Waals surface area contributed by atoms with Crippen LogP contribution in [0.25, 0.3) is 0 Å². The minimum Gasteiger partial charge on any atom is -0.346 e. The zero-order valence-electron chi connectivity index (χ0n) is 14.1. The Kier molecular flexibility index (Phi) is 7.84. The van der Waals surface area contributed by atoms with Gasteiger partial charge in [-0.05, 0) is 48.2 Å². The molecule has 0 aliphatic carbocycles. The highest BCUT2D eigenvalue weighted by Crippen LogP contribution is 2.25. The molecule has 0 atom stereocenters. The average Bonchev–Trinajstić information content (AvgIpc) is 2.79. The van der Waals surface area contributed by atoms with Gasteiger partial charge in [0.1, 0.15) is 0 Å². The summed E-state index contributed by atoms with van der Waals surface area (Å²) in [5.74, 6) is 0.933. The molecule has 134 valence electrons. The SMILES string of the molecule is CN1CCCCN=C1NC(c1ccc(Cl)cc1)c1ccc(Cl)cc1.I. The number of aliphatic imine (C=N–C) groups is 1. The molecule has 1 aliphatic rings. The van der Waals surface area contributed by atoms with E-state index in [4.69, 9.17) is 28.2 Å². The molecule has 0 aromatic heterocycles. The molecule has 0 radical (unpaired) electrons. The van der Waals surface area contributed by atoms with E-state index in [1.165, 1.54) is 0 Å². The Hall–Kier alpha value is -0.980. The molecule has 25 heavy (non-hydrogen) atoms. The van der Waals surface area contributed by atoms with Crippen molar-refractivity contribution >= 4 is 53.1 Å². The van der Waals surface area contributed by atoms with E-state index in [0.29, 0.717) is 0 Å². The number of halogens is 3. The van der Waals surface area contributed by atoms with E-state index in [2.05, 4.69) is 17.3 Å². The molecule has 0 saturated carbocycles. The minimum absolute atomic E-state index is 0. The quantitative estimate of drug-likeness (QED) is 0.586. The average molecular weight is 490 g/mol. The van der Waals surface area contributed by atoms with Crippen LogP contribution < -0.4 is 5.32 Å². The lowest BCUT2D eigenvalue weighted by molar-refractivity contribution is 0.472. The third kappa shape index (κ3) is 5.50. The Morgan fingerprint density at radius 1 is 0.920 bits per heavy atom. The summed E-state index contributed by atoms with van der Waals surface area (Å²) < 4.78 is 0. The third-order valence-electron chi connectivity index (χ3n) is 4.20. The van der Waals surface area contributed by atoms with Gasteiger partial charge in [-0.25, -0.2) is 0 Å². The summed E-state index contributed by atoms with van der Waals surface area (Å²) in [5.41, 5.74) is 2.28. The van der Waals surface area contributed by atoms with Crippen LogP contribution in [-0.2, 0) is 0 Å². The lowest BCUT2D eigenvalue weighted by atomic mass is 9.99. The molecule has 0 unspecified atom stereocenters. The molecule has 2 aromatic carbocycles. The Labute approximate surface area is 176 Å². The Balaban J connectivity index is 0.00000225. The smallest absolute Gasteiger partial charge is 0.194 e. The fourth-order valence-corrected chi connectivity index (χ4v) is 3.08. The minimum atomic E-state index is -0.00108. The number of rotatable bonds is 3. The van der Waals surface area contributed by atoms with E-state index < -0.39 is 0 Å². The van der Waals surface area contributed by atoms with Crippen molar-refractivity contribution in [2.45, 2.75) is 18.9 Å². The number of nitrogens with zero attached hydrogens (tertiary/aromatic N) is 2. The number of hydrogen-bond donors (Lipinski definition) is 1. The van der Waals surface area contributed by atoms with Crippen molar-refractivity contribution < 1.29 is 0 Å². The van der Waals surface area contributed by atoms with Gasteiger partial charge >= 0.3 is 0 Å². The predicted molar refractivity (Wildman–Crippen MR) is 117 cm³/mol. The van der Waals surface area contributed by atoms with Gasteiger partial charge in [-0.3, -0.25) is 4.99 Å². The van der Waals surface area contributed by atoms with Gasteiger partial charge in [0.2, 0.25) is 0 Å². The standard InChI is InChI=1S/C19H21Cl2N3.HI/c1-24-13-3-2-12-22-19(24)23-18(14-4-8-16(20)9-5-14)15-6-10-17(21)11-7-15;/h4-11,18H,2-3,12-13H2,1H3,(H,22,23);1H. The monoisotopic (exact) mass is 489 g/mol. The molecule has 1 N–H and O–H groups in total. The first-order valence-corrected chi connectivity index (χ1v) is 8.92. The fourth-order valence-electron chi connectivity index (χ4n) is 2.83. The summed E-state index contributed by atoms with van der Waals surface area (Å²) in [6, 6.07) is 15.9. The maximum absolute atomic E-state index is 6.05. The largest absolute Gasteiger partial charge is 0.346 e. The highest BCUT2D eigenvalue weighted by atomic mass is 127. The zero-order chi connectivity index (χ0) is 16.9. The molecule has 6 heteroatoms. The number of benzene rings is 2. The Morgan fingerprint density at radius 3 is 1.96 bits per heavy atom. The molecule has 1 aliphatic heterocycles. The second kappa shape index (κ2) is 9.64. The van der Waals surface area contributed by atoms with Crippen LogP contribution in [0.4, 0.5) is 0 Å². The predicted octanol–water partition coefficient (Wildman–Crippen LogP) is 5.37.